The van der Waals surface area contributed by atoms with Crippen LogP contribution >= 0.6 is 0 Å². The molecule has 1 aliphatic rings. The van der Waals surface area contributed by atoms with Crippen LogP contribution in [0.5, 0.6) is 11.5 Å². The molecule has 1 unspecified atom stereocenters. The molecule has 31 heavy (non-hydrogen) atoms. The van der Waals surface area contributed by atoms with Gasteiger partial charge in [0.1, 0.15) is 11.8 Å². The second kappa shape index (κ2) is 7.17. The van der Waals surface area contributed by atoms with Crippen molar-refractivity contribution in [2.24, 2.45) is 0 Å². The van der Waals surface area contributed by atoms with E-state index in [1.54, 1.807) is 30.6 Å². The Morgan fingerprint density at radius 3 is 2.45 bits per heavy atom. The molecule has 1 N–H and O–H groups in total. The van der Waals surface area contributed by atoms with Gasteiger partial charge in [0.15, 0.2) is 17.3 Å². The number of fused-ring (bicyclic) bond motifs is 1. The van der Waals surface area contributed by atoms with Crippen LogP contribution in [0.3, 0.4) is 0 Å². The van der Waals surface area contributed by atoms with E-state index in [9.17, 15) is 13.9 Å². The van der Waals surface area contributed by atoms with E-state index in [0.29, 0.717) is 28.1 Å². The molecule has 6 nitrogen and oxygen atoms in total. The number of benzene rings is 2. The monoisotopic (exact) mass is 422 g/mol. The fourth-order valence-corrected chi connectivity index (χ4v) is 3.47. The number of aliphatic hydroxyl groups is 1. The van der Waals surface area contributed by atoms with E-state index >= 15 is 0 Å². The predicted molar refractivity (Wildman–Crippen MR) is 107 cm³/mol. The smallest absolute Gasteiger partial charge is 0.395 e. The lowest BCUT2D eigenvalue weighted by Crippen LogP contribution is -2.25. The van der Waals surface area contributed by atoms with Crippen molar-refractivity contribution in [3.05, 3.63) is 83.7 Å². The molecule has 0 saturated carbocycles. The lowest BCUT2D eigenvalue weighted by atomic mass is 9.94. The number of halogens is 2. The van der Waals surface area contributed by atoms with Gasteiger partial charge in [-0.2, -0.15) is 0 Å². The van der Waals surface area contributed by atoms with Crippen molar-refractivity contribution in [3.8, 4) is 34.1 Å². The average Bonchev–Trinajstić information content (AvgIpc) is 3.33. The molecule has 1 atom stereocenters. The van der Waals surface area contributed by atoms with E-state index in [2.05, 4.69) is 19.6 Å². The number of nitrogens with zero attached hydrogens (tertiary/aromatic N) is 2. The molecule has 0 amide bonds. The molecule has 2 aromatic carbocycles. The van der Waals surface area contributed by atoms with Gasteiger partial charge < -0.3 is 19.1 Å². The quantitative estimate of drug-likeness (QED) is 0.492. The number of rotatable bonds is 4. The first-order valence-electron chi connectivity index (χ1n) is 9.46. The molecule has 4 aromatic rings. The van der Waals surface area contributed by atoms with Crippen molar-refractivity contribution in [1.29, 1.82) is 0 Å². The molecule has 5 rings (SSSR count). The van der Waals surface area contributed by atoms with E-state index in [0.717, 1.165) is 11.1 Å². The van der Waals surface area contributed by atoms with Gasteiger partial charge in [0.05, 0.1) is 5.56 Å². The number of aryl methyl sites for hydroxylation is 1. The fraction of sp³-hybridized carbons (Fsp3) is 0.130. The molecule has 1 aliphatic heterocycles. The van der Waals surface area contributed by atoms with Crippen molar-refractivity contribution in [2.45, 2.75) is 19.3 Å². The third-order valence-electron chi connectivity index (χ3n) is 4.99. The molecule has 0 saturated heterocycles. The van der Waals surface area contributed by atoms with Crippen LogP contribution in [-0.2, 0) is 0 Å². The number of aliphatic hydroxyl groups excluding tert-OH is 1. The van der Waals surface area contributed by atoms with Gasteiger partial charge in [0.2, 0.25) is 0 Å². The Morgan fingerprint density at radius 2 is 1.71 bits per heavy atom. The second-order valence-electron chi connectivity index (χ2n) is 7.16. The molecule has 0 radical (unpaired) electrons. The summed E-state index contributed by atoms with van der Waals surface area (Å²) in [6.07, 6.45) is -1.70. The molecule has 3 heterocycles. The first kappa shape index (κ1) is 19.2. The Hall–Kier alpha value is -3.78. The van der Waals surface area contributed by atoms with Gasteiger partial charge in [-0.3, -0.25) is 4.98 Å². The number of ether oxygens (including phenoxy) is 2. The van der Waals surface area contributed by atoms with Gasteiger partial charge >= 0.3 is 6.29 Å². The molecule has 0 bridgehead atoms. The molecular weight excluding hydrogens is 406 g/mol. The topological polar surface area (TPSA) is 77.6 Å². The van der Waals surface area contributed by atoms with Crippen LogP contribution in [-0.4, -0.2) is 21.5 Å². The van der Waals surface area contributed by atoms with Gasteiger partial charge in [-0.05, 0) is 31.2 Å². The van der Waals surface area contributed by atoms with Gasteiger partial charge in [0.25, 0.3) is 0 Å². The Morgan fingerprint density at radius 1 is 0.968 bits per heavy atom. The summed E-state index contributed by atoms with van der Waals surface area (Å²) in [5, 5.41) is 15.3. The van der Waals surface area contributed by atoms with Crippen LogP contribution in [0.15, 0.2) is 71.5 Å². The highest BCUT2D eigenvalue weighted by atomic mass is 19.3. The zero-order valence-corrected chi connectivity index (χ0v) is 16.3. The first-order chi connectivity index (χ1) is 14.9. The van der Waals surface area contributed by atoms with Gasteiger partial charge in [-0.1, -0.05) is 41.1 Å². The molecule has 156 valence electrons. The summed E-state index contributed by atoms with van der Waals surface area (Å²) >= 11 is 0. The van der Waals surface area contributed by atoms with Crippen LogP contribution in [0.2, 0.25) is 0 Å². The van der Waals surface area contributed by atoms with Crippen molar-refractivity contribution < 1.29 is 27.9 Å². The van der Waals surface area contributed by atoms with Gasteiger partial charge in [-0.25, -0.2) is 0 Å². The Labute approximate surface area is 175 Å². The predicted octanol–water partition coefficient (Wildman–Crippen LogP) is 5.12. The van der Waals surface area contributed by atoms with Crippen LogP contribution in [0.1, 0.15) is 22.8 Å². The zero-order valence-electron chi connectivity index (χ0n) is 16.3. The van der Waals surface area contributed by atoms with Crippen molar-refractivity contribution in [1.82, 2.24) is 10.1 Å². The lowest BCUT2D eigenvalue weighted by molar-refractivity contribution is -0.286. The highest BCUT2D eigenvalue weighted by Crippen LogP contribution is 2.45. The summed E-state index contributed by atoms with van der Waals surface area (Å²) in [5.74, 6) is 0.170. The summed E-state index contributed by atoms with van der Waals surface area (Å²) in [6.45, 7) is 1.96. The summed E-state index contributed by atoms with van der Waals surface area (Å²) < 4.78 is 41.5. The number of hydrogen-bond donors (Lipinski definition) is 1. The third-order valence-corrected chi connectivity index (χ3v) is 4.99. The van der Waals surface area contributed by atoms with Gasteiger partial charge in [0, 0.05) is 29.1 Å². The third kappa shape index (κ3) is 3.51. The van der Waals surface area contributed by atoms with Crippen LogP contribution in [0.4, 0.5) is 8.78 Å². The maximum absolute atomic E-state index is 13.4. The minimum Gasteiger partial charge on any atom is -0.395 e. The SMILES string of the molecule is Cc1ccc(-c2onc(-c3ccc4c(c3)OC(F)(F)O4)c2C(O)c2cccnc2)cc1. The van der Waals surface area contributed by atoms with E-state index in [4.69, 9.17) is 4.52 Å². The number of pyridine rings is 1. The normalized spacial score (nSPS) is 15.1. The fourth-order valence-electron chi connectivity index (χ4n) is 3.47. The molecule has 0 spiro atoms. The van der Waals surface area contributed by atoms with Crippen LogP contribution in [0, 0.1) is 6.92 Å². The standard InChI is InChI=1S/C23H16F2N2O4/c1-13-4-6-14(7-5-13)22-19(21(28)16-3-2-10-26-12-16)20(27-31-22)15-8-9-17-18(11-15)30-23(24,25)29-17/h2-12,21,28H,1H3. The molecular formula is C23H16F2N2O4. The Bertz CT molecular complexity index is 1240. The summed E-state index contributed by atoms with van der Waals surface area (Å²) in [6, 6.07) is 15.3. The minimum absolute atomic E-state index is 0.0784. The lowest BCUT2D eigenvalue weighted by Gasteiger charge is -2.13. The molecule has 2 aromatic heterocycles. The summed E-state index contributed by atoms with van der Waals surface area (Å²) in [4.78, 5) is 4.06. The maximum atomic E-state index is 13.4. The number of hydrogen-bond acceptors (Lipinski definition) is 6. The van der Waals surface area contributed by atoms with E-state index in [1.807, 2.05) is 31.2 Å². The highest BCUT2D eigenvalue weighted by molar-refractivity contribution is 5.75. The number of alkyl halides is 2. The van der Waals surface area contributed by atoms with E-state index in [-0.39, 0.29) is 11.5 Å². The highest BCUT2D eigenvalue weighted by Gasteiger charge is 2.43. The second-order valence-corrected chi connectivity index (χ2v) is 7.16. The van der Waals surface area contributed by atoms with Crippen LogP contribution < -0.4 is 9.47 Å². The van der Waals surface area contributed by atoms with E-state index < -0.39 is 12.4 Å². The molecule has 0 aliphatic carbocycles. The number of aromatic nitrogens is 2. The van der Waals surface area contributed by atoms with Crippen LogP contribution in [0.25, 0.3) is 22.6 Å². The van der Waals surface area contributed by atoms with E-state index in [1.165, 1.54) is 12.1 Å². The van der Waals surface area contributed by atoms with Gasteiger partial charge in [-0.15, -0.1) is 8.78 Å². The maximum Gasteiger partial charge on any atom is 0.586 e. The first-order valence-corrected chi connectivity index (χ1v) is 9.46. The van der Waals surface area contributed by atoms with Crippen molar-refractivity contribution >= 4 is 0 Å². The molecule has 8 heteroatoms. The summed E-state index contributed by atoms with van der Waals surface area (Å²) in [5.41, 5.74) is 3.44. The Balaban J connectivity index is 1.66. The summed E-state index contributed by atoms with van der Waals surface area (Å²) in [7, 11) is 0. The van der Waals surface area contributed by atoms with Crippen molar-refractivity contribution in [3.63, 3.8) is 0 Å². The molecule has 0 fully saturated rings. The largest absolute Gasteiger partial charge is 0.586 e. The van der Waals surface area contributed by atoms with Crippen molar-refractivity contribution in [2.75, 3.05) is 0 Å². The zero-order chi connectivity index (χ0) is 21.6. The minimum atomic E-state index is -3.73. The average molecular weight is 422 g/mol. The Kier molecular flexibility index (Phi) is 4.44.